The van der Waals surface area contributed by atoms with Crippen LogP contribution in [0.5, 0.6) is 0 Å². The maximum Gasteiger partial charge on any atom is 0.0439 e. The molecule has 0 bridgehead atoms. The molecule has 0 fully saturated rings. The van der Waals surface area contributed by atoms with E-state index in [0.29, 0.717) is 0 Å². The zero-order valence-electron chi connectivity index (χ0n) is 9.06. The lowest BCUT2D eigenvalue weighted by Gasteiger charge is -2.08. The average molecular weight is 190 g/mol. The Morgan fingerprint density at radius 1 is 1.43 bits per heavy atom. The van der Waals surface area contributed by atoms with Gasteiger partial charge in [-0.1, -0.05) is 13.0 Å². The summed E-state index contributed by atoms with van der Waals surface area (Å²) in [5, 5.41) is 3.36. The van der Waals surface area contributed by atoms with Crippen LogP contribution in [0.2, 0.25) is 0 Å². The normalized spacial score (nSPS) is 14.4. The predicted molar refractivity (Wildman–Crippen MR) is 58.4 cm³/mol. The van der Waals surface area contributed by atoms with E-state index >= 15 is 0 Å². The molecule has 0 aromatic carbocycles. The minimum Gasteiger partial charge on any atom is -0.313 e. The molecule has 0 radical (unpaired) electrons. The van der Waals surface area contributed by atoms with Gasteiger partial charge >= 0.3 is 0 Å². The van der Waals surface area contributed by atoms with E-state index in [-0.39, 0.29) is 0 Å². The highest BCUT2D eigenvalue weighted by Gasteiger charge is 2.14. The van der Waals surface area contributed by atoms with Gasteiger partial charge in [0.05, 0.1) is 0 Å². The summed E-state index contributed by atoms with van der Waals surface area (Å²) in [4.78, 5) is 4.67. The van der Waals surface area contributed by atoms with Crippen LogP contribution in [0.4, 0.5) is 0 Å². The van der Waals surface area contributed by atoms with E-state index in [4.69, 9.17) is 0 Å². The summed E-state index contributed by atoms with van der Waals surface area (Å²) in [7, 11) is 0. The van der Waals surface area contributed by atoms with Crippen LogP contribution < -0.4 is 5.32 Å². The van der Waals surface area contributed by atoms with E-state index in [9.17, 15) is 0 Å². The molecule has 0 spiro atoms. The molecule has 2 heteroatoms. The second-order valence-corrected chi connectivity index (χ2v) is 3.97. The third kappa shape index (κ3) is 1.80. The summed E-state index contributed by atoms with van der Waals surface area (Å²) in [6, 6.07) is 2.34. The molecule has 14 heavy (non-hydrogen) atoms. The lowest BCUT2D eigenvalue weighted by Crippen LogP contribution is -2.13. The Hall–Kier alpha value is -0.890. The first-order valence-corrected chi connectivity index (χ1v) is 5.50. The fraction of sp³-hybridized carbons (Fsp3) is 0.583. The number of hydrogen-bond acceptors (Lipinski definition) is 2. The van der Waals surface area contributed by atoms with Gasteiger partial charge in [-0.15, -0.1) is 0 Å². The molecule has 0 unspecified atom stereocenters. The second-order valence-electron chi connectivity index (χ2n) is 3.97. The van der Waals surface area contributed by atoms with Gasteiger partial charge in [-0.3, -0.25) is 4.98 Å². The molecule has 0 saturated carbocycles. The van der Waals surface area contributed by atoms with Crippen molar-refractivity contribution >= 4 is 0 Å². The number of hydrogen-bond donors (Lipinski definition) is 1. The molecule has 1 aliphatic carbocycles. The van der Waals surface area contributed by atoms with Gasteiger partial charge in [-0.2, -0.15) is 0 Å². The Morgan fingerprint density at radius 2 is 2.29 bits per heavy atom. The molecule has 0 amide bonds. The van der Waals surface area contributed by atoms with Gasteiger partial charge in [0.25, 0.3) is 0 Å². The predicted octanol–water partition coefficient (Wildman–Crippen LogP) is 1.99. The van der Waals surface area contributed by atoms with Crippen LogP contribution in [-0.2, 0) is 19.4 Å². The van der Waals surface area contributed by atoms with Crippen molar-refractivity contribution in [1.82, 2.24) is 10.3 Å². The highest BCUT2D eigenvalue weighted by Crippen LogP contribution is 2.22. The smallest absolute Gasteiger partial charge is 0.0439 e. The van der Waals surface area contributed by atoms with Crippen molar-refractivity contribution in [2.45, 2.75) is 39.7 Å². The zero-order chi connectivity index (χ0) is 9.97. The Balaban J connectivity index is 2.23. The largest absolute Gasteiger partial charge is 0.313 e. The number of nitrogens with zero attached hydrogens (tertiary/aromatic N) is 1. The van der Waals surface area contributed by atoms with Gasteiger partial charge < -0.3 is 5.32 Å². The fourth-order valence-electron chi connectivity index (χ4n) is 2.06. The summed E-state index contributed by atoms with van der Waals surface area (Å²) in [5.41, 5.74) is 5.38. The number of nitrogens with one attached hydrogen (secondary N) is 1. The van der Waals surface area contributed by atoms with Crippen LogP contribution in [0, 0.1) is 6.92 Å². The van der Waals surface area contributed by atoms with E-state index in [1.54, 1.807) is 0 Å². The number of pyridine rings is 1. The van der Waals surface area contributed by atoms with Crippen molar-refractivity contribution in [3.63, 3.8) is 0 Å². The Kier molecular flexibility index (Phi) is 2.82. The van der Waals surface area contributed by atoms with Crippen LogP contribution in [0.3, 0.4) is 0 Å². The van der Waals surface area contributed by atoms with Gasteiger partial charge in [-0.05, 0) is 43.9 Å². The Morgan fingerprint density at radius 3 is 3.07 bits per heavy atom. The first kappa shape index (κ1) is 9.66. The number of aromatic nitrogens is 1. The maximum absolute atomic E-state index is 4.67. The fourth-order valence-corrected chi connectivity index (χ4v) is 2.06. The van der Waals surface area contributed by atoms with E-state index < -0.39 is 0 Å². The second kappa shape index (κ2) is 4.09. The molecule has 0 atom stereocenters. The molecule has 0 saturated heterocycles. The molecule has 1 heterocycles. The van der Waals surface area contributed by atoms with Gasteiger partial charge in [0.2, 0.25) is 0 Å². The SMILES string of the molecule is CCNCc1cc2c(nc1C)CCC2. The van der Waals surface area contributed by atoms with Gasteiger partial charge in [-0.25, -0.2) is 0 Å². The molecule has 76 valence electrons. The molecule has 1 aromatic rings. The molecule has 1 N–H and O–H groups in total. The van der Waals surface area contributed by atoms with Crippen LogP contribution in [0.1, 0.15) is 35.9 Å². The summed E-state index contributed by atoms with van der Waals surface area (Å²) < 4.78 is 0. The topological polar surface area (TPSA) is 24.9 Å². The van der Waals surface area contributed by atoms with E-state index in [0.717, 1.165) is 13.1 Å². The summed E-state index contributed by atoms with van der Waals surface area (Å²) >= 11 is 0. The first-order valence-electron chi connectivity index (χ1n) is 5.50. The third-order valence-electron chi connectivity index (χ3n) is 2.91. The van der Waals surface area contributed by atoms with Crippen molar-refractivity contribution in [2.24, 2.45) is 0 Å². The van der Waals surface area contributed by atoms with Crippen molar-refractivity contribution in [1.29, 1.82) is 0 Å². The van der Waals surface area contributed by atoms with Gasteiger partial charge in [0, 0.05) is 17.9 Å². The highest BCUT2D eigenvalue weighted by molar-refractivity contribution is 5.32. The standard InChI is InChI=1S/C12H18N2/c1-3-13-8-11-7-10-5-4-6-12(10)14-9(11)2/h7,13H,3-6,8H2,1-2H3. The number of aryl methyl sites for hydroxylation is 3. The van der Waals surface area contributed by atoms with Crippen molar-refractivity contribution < 1.29 is 0 Å². The van der Waals surface area contributed by atoms with Crippen molar-refractivity contribution in [3.8, 4) is 0 Å². The molecule has 1 aliphatic rings. The molecule has 2 rings (SSSR count). The van der Waals surface area contributed by atoms with Crippen LogP contribution in [-0.4, -0.2) is 11.5 Å². The van der Waals surface area contributed by atoms with Gasteiger partial charge in [0.15, 0.2) is 0 Å². The number of rotatable bonds is 3. The monoisotopic (exact) mass is 190 g/mol. The van der Waals surface area contributed by atoms with E-state index in [2.05, 4.69) is 30.2 Å². The van der Waals surface area contributed by atoms with Crippen molar-refractivity contribution in [3.05, 3.63) is 28.6 Å². The quantitative estimate of drug-likeness (QED) is 0.788. The lowest BCUT2D eigenvalue weighted by atomic mass is 10.1. The van der Waals surface area contributed by atoms with Crippen LogP contribution in [0.25, 0.3) is 0 Å². The molecular weight excluding hydrogens is 172 g/mol. The molecule has 2 nitrogen and oxygen atoms in total. The van der Waals surface area contributed by atoms with Crippen LogP contribution in [0.15, 0.2) is 6.07 Å². The number of fused-ring (bicyclic) bond motifs is 1. The zero-order valence-corrected chi connectivity index (χ0v) is 9.06. The summed E-state index contributed by atoms with van der Waals surface area (Å²) in [6.45, 7) is 6.24. The summed E-state index contributed by atoms with van der Waals surface area (Å²) in [5.74, 6) is 0. The third-order valence-corrected chi connectivity index (χ3v) is 2.91. The Labute approximate surface area is 85.7 Å². The average Bonchev–Trinajstić information content (AvgIpc) is 2.61. The Bertz CT molecular complexity index is 331. The maximum atomic E-state index is 4.67. The lowest BCUT2D eigenvalue weighted by molar-refractivity contribution is 0.718. The molecular formula is C12H18N2. The summed E-state index contributed by atoms with van der Waals surface area (Å²) in [6.07, 6.45) is 3.69. The first-order chi connectivity index (χ1) is 6.81. The minimum absolute atomic E-state index is 0.961. The molecule has 0 aliphatic heterocycles. The minimum atomic E-state index is 0.961. The van der Waals surface area contributed by atoms with E-state index in [1.165, 1.54) is 41.8 Å². The van der Waals surface area contributed by atoms with Gasteiger partial charge in [0.1, 0.15) is 0 Å². The van der Waals surface area contributed by atoms with E-state index in [1.807, 2.05) is 0 Å². The van der Waals surface area contributed by atoms with Crippen molar-refractivity contribution in [2.75, 3.05) is 6.54 Å². The van der Waals surface area contributed by atoms with Crippen LogP contribution >= 0.6 is 0 Å². The highest BCUT2D eigenvalue weighted by atomic mass is 14.8. The molecule has 1 aromatic heterocycles.